The Bertz CT molecular complexity index is 1370. The Balaban J connectivity index is 1.62. The van der Waals surface area contributed by atoms with Crippen molar-refractivity contribution < 1.29 is 9.47 Å². The number of nitrogens with zero attached hydrogens (tertiary/aromatic N) is 3. The zero-order chi connectivity index (χ0) is 23.2. The molecule has 1 aromatic heterocycles. The van der Waals surface area contributed by atoms with E-state index in [2.05, 4.69) is 45.6 Å². The summed E-state index contributed by atoms with van der Waals surface area (Å²) in [5, 5.41) is 13.1. The van der Waals surface area contributed by atoms with Crippen LogP contribution in [-0.4, -0.2) is 24.2 Å². The van der Waals surface area contributed by atoms with Gasteiger partial charge in [0.2, 0.25) is 0 Å². The van der Waals surface area contributed by atoms with Gasteiger partial charge in [-0.3, -0.25) is 0 Å². The predicted molar refractivity (Wildman–Crippen MR) is 131 cm³/mol. The Labute approximate surface area is 193 Å². The molecule has 0 spiro atoms. The molecule has 0 aliphatic rings. The molecular formula is C27H24N4O2. The quantitative estimate of drug-likeness (QED) is 0.370. The number of ether oxygens (including phenoxy) is 2. The first-order valence-electron chi connectivity index (χ1n) is 10.5. The van der Waals surface area contributed by atoms with Crippen molar-refractivity contribution in [1.82, 2.24) is 9.97 Å². The Morgan fingerprint density at radius 3 is 2.42 bits per heavy atom. The van der Waals surface area contributed by atoms with Crippen LogP contribution in [0.2, 0.25) is 0 Å². The number of fused-ring (bicyclic) bond motifs is 1. The van der Waals surface area contributed by atoms with Gasteiger partial charge in [0, 0.05) is 24.1 Å². The minimum Gasteiger partial charge on any atom is -0.493 e. The minimum absolute atomic E-state index is 0.599. The Kier molecular flexibility index (Phi) is 6.51. The summed E-state index contributed by atoms with van der Waals surface area (Å²) in [6.45, 7) is 2.47. The number of allylic oxidation sites excluding steroid dienone is 1. The highest BCUT2D eigenvalue weighted by atomic mass is 16.5. The molecule has 3 aromatic carbocycles. The van der Waals surface area contributed by atoms with Gasteiger partial charge in [-0.1, -0.05) is 36.4 Å². The summed E-state index contributed by atoms with van der Waals surface area (Å²) in [5.41, 5.74) is 5.10. The number of rotatable bonds is 7. The number of nitriles is 1. The highest BCUT2D eigenvalue weighted by Crippen LogP contribution is 2.34. The molecule has 0 atom stereocenters. The molecule has 0 amide bonds. The maximum atomic E-state index is 8.78. The van der Waals surface area contributed by atoms with Gasteiger partial charge in [-0.15, -0.1) is 0 Å². The lowest BCUT2D eigenvalue weighted by molar-refractivity contribution is 0.356. The lowest BCUT2D eigenvalue weighted by Crippen LogP contribution is -2.05. The monoisotopic (exact) mass is 436 g/mol. The lowest BCUT2D eigenvalue weighted by atomic mass is 10.0. The van der Waals surface area contributed by atoms with Crippen LogP contribution >= 0.6 is 0 Å². The number of aryl methyl sites for hydroxylation is 1. The zero-order valence-electron chi connectivity index (χ0n) is 18.8. The van der Waals surface area contributed by atoms with Crippen molar-refractivity contribution in [3.63, 3.8) is 0 Å². The second-order valence-electron chi connectivity index (χ2n) is 7.49. The van der Waals surface area contributed by atoms with E-state index in [4.69, 9.17) is 14.7 Å². The molecule has 0 aliphatic carbocycles. The first-order valence-corrected chi connectivity index (χ1v) is 10.5. The third-order valence-electron chi connectivity index (χ3n) is 5.27. The molecule has 0 aliphatic heterocycles. The summed E-state index contributed by atoms with van der Waals surface area (Å²) in [5.74, 6) is 2.68. The third kappa shape index (κ3) is 4.94. The smallest absolute Gasteiger partial charge is 0.162 e. The zero-order valence-corrected chi connectivity index (χ0v) is 18.8. The van der Waals surface area contributed by atoms with Crippen LogP contribution in [0.1, 0.15) is 17.0 Å². The molecule has 0 saturated carbocycles. The number of aromatic nitrogens is 2. The standard InChI is InChI=1S/C27H24N4O2/c1-18-30-24-16-26(33-3)25(32-2)15-23(24)27(31-18)29-17-20-8-5-11-22(14-20)21-10-4-7-19(13-21)9-6-12-28/h4-11,13-16H,17H2,1-3H3,(H,29,30,31)/b9-6+. The first-order chi connectivity index (χ1) is 16.1. The average Bonchev–Trinajstić information content (AvgIpc) is 2.85. The van der Waals surface area contributed by atoms with Crippen molar-refractivity contribution in [2.75, 3.05) is 19.5 Å². The van der Waals surface area contributed by atoms with Crippen molar-refractivity contribution in [3.05, 3.63) is 83.7 Å². The average molecular weight is 437 g/mol. The van der Waals surface area contributed by atoms with E-state index in [-0.39, 0.29) is 0 Å². The SMILES string of the molecule is COc1cc2nc(C)nc(NCc3cccc(-c4cccc(/C=C/C#N)c4)c3)c2cc1OC. The molecule has 4 aromatic rings. The minimum atomic E-state index is 0.599. The summed E-state index contributed by atoms with van der Waals surface area (Å²) in [6, 6.07) is 22.3. The molecule has 0 radical (unpaired) electrons. The Morgan fingerprint density at radius 1 is 0.939 bits per heavy atom. The highest BCUT2D eigenvalue weighted by molar-refractivity contribution is 5.91. The Hall–Kier alpha value is -4.37. The molecule has 0 saturated heterocycles. The third-order valence-corrected chi connectivity index (χ3v) is 5.27. The van der Waals surface area contributed by atoms with E-state index < -0.39 is 0 Å². The molecule has 164 valence electrons. The molecule has 4 rings (SSSR count). The van der Waals surface area contributed by atoms with Gasteiger partial charge >= 0.3 is 0 Å². The van der Waals surface area contributed by atoms with Gasteiger partial charge in [-0.05, 0) is 53.5 Å². The summed E-state index contributed by atoms with van der Waals surface area (Å²) >= 11 is 0. The van der Waals surface area contributed by atoms with Crippen molar-refractivity contribution in [2.24, 2.45) is 0 Å². The van der Waals surface area contributed by atoms with Crippen molar-refractivity contribution >= 4 is 22.8 Å². The number of hydrogen-bond acceptors (Lipinski definition) is 6. The van der Waals surface area contributed by atoms with Crippen LogP contribution in [0.5, 0.6) is 11.5 Å². The van der Waals surface area contributed by atoms with E-state index in [0.29, 0.717) is 23.9 Å². The Morgan fingerprint density at radius 2 is 1.67 bits per heavy atom. The maximum absolute atomic E-state index is 8.78. The molecule has 0 bridgehead atoms. The lowest BCUT2D eigenvalue weighted by Gasteiger charge is -2.13. The molecule has 0 unspecified atom stereocenters. The van der Waals surface area contributed by atoms with Crippen LogP contribution in [0, 0.1) is 18.3 Å². The van der Waals surface area contributed by atoms with E-state index in [1.807, 2.05) is 43.3 Å². The van der Waals surface area contributed by atoms with E-state index in [9.17, 15) is 0 Å². The number of hydrogen-bond donors (Lipinski definition) is 1. The fourth-order valence-corrected chi connectivity index (χ4v) is 3.71. The second-order valence-corrected chi connectivity index (χ2v) is 7.49. The molecule has 1 heterocycles. The maximum Gasteiger partial charge on any atom is 0.162 e. The van der Waals surface area contributed by atoms with E-state index in [1.54, 1.807) is 20.3 Å². The van der Waals surface area contributed by atoms with Gasteiger partial charge in [0.15, 0.2) is 11.5 Å². The second kappa shape index (κ2) is 9.84. The molecule has 1 N–H and O–H groups in total. The largest absolute Gasteiger partial charge is 0.493 e. The summed E-state index contributed by atoms with van der Waals surface area (Å²) in [7, 11) is 3.22. The summed E-state index contributed by atoms with van der Waals surface area (Å²) in [6.07, 6.45) is 3.29. The van der Waals surface area contributed by atoms with E-state index >= 15 is 0 Å². The van der Waals surface area contributed by atoms with Gasteiger partial charge in [-0.2, -0.15) is 5.26 Å². The fourth-order valence-electron chi connectivity index (χ4n) is 3.71. The topological polar surface area (TPSA) is 80.1 Å². The van der Waals surface area contributed by atoms with Gasteiger partial charge in [-0.25, -0.2) is 9.97 Å². The number of benzene rings is 3. The van der Waals surface area contributed by atoms with Gasteiger partial charge in [0.05, 0.1) is 25.8 Å². The van der Waals surface area contributed by atoms with Crippen molar-refractivity contribution in [1.29, 1.82) is 5.26 Å². The first kappa shape index (κ1) is 21.8. The predicted octanol–water partition coefficient (Wildman–Crippen LogP) is 5.77. The van der Waals surface area contributed by atoms with Gasteiger partial charge in [0.1, 0.15) is 11.6 Å². The summed E-state index contributed by atoms with van der Waals surface area (Å²) < 4.78 is 10.9. The number of anilines is 1. The van der Waals surface area contributed by atoms with Gasteiger partial charge < -0.3 is 14.8 Å². The molecular weight excluding hydrogens is 412 g/mol. The van der Waals surface area contributed by atoms with Crippen LogP contribution in [0.15, 0.2) is 66.7 Å². The fraction of sp³-hybridized carbons (Fsp3) is 0.148. The number of methoxy groups -OCH3 is 2. The van der Waals surface area contributed by atoms with Crippen LogP contribution in [0.4, 0.5) is 5.82 Å². The van der Waals surface area contributed by atoms with Crippen LogP contribution < -0.4 is 14.8 Å². The number of nitrogens with one attached hydrogen (secondary N) is 1. The molecule has 6 nitrogen and oxygen atoms in total. The van der Waals surface area contributed by atoms with Crippen LogP contribution in [0.3, 0.4) is 0 Å². The molecule has 6 heteroatoms. The van der Waals surface area contributed by atoms with Crippen molar-refractivity contribution in [3.8, 4) is 28.7 Å². The highest BCUT2D eigenvalue weighted by Gasteiger charge is 2.12. The van der Waals surface area contributed by atoms with Crippen LogP contribution in [-0.2, 0) is 6.54 Å². The normalized spacial score (nSPS) is 10.8. The van der Waals surface area contributed by atoms with Gasteiger partial charge in [0.25, 0.3) is 0 Å². The molecule has 33 heavy (non-hydrogen) atoms. The molecule has 0 fully saturated rings. The summed E-state index contributed by atoms with van der Waals surface area (Å²) in [4.78, 5) is 9.16. The van der Waals surface area contributed by atoms with E-state index in [0.717, 1.165) is 39.0 Å². The van der Waals surface area contributed by atoms with Crippen molar-refractivity contribution in [2.45, 2.75) is 13.5 Å². The van der Waals surface area contributed by atoms with E-state index in [1.165, 1.54) is 6.08 Å². The van der Waals surface area contributed by atoms with Crippen LogP contribution in [0.25, 0.3) is 28.1 Å².